The monoisotopic (exact) mass is 449 g/mol. The van der Waals surface area contributed by atoms with Crippen LogP contribution in [-0.4, -0.2) is 70.0 Å². The molecule has 2 aliphatic heterocycles. The second kappa shape index (κ2) is 8.68. The molecule has 2 aliphatic rings. The minimum Gasteiger partial charge on any atom is -0.497 e. The van der Waals surface area contributed by atoms with Crippen LogP contribution in [0, 0.1) is 5.41 Å². The summed E-state index contributed by atoms with van der Waals surface area (Å²) in [7, 11) is 3.22. The number of nitrogens with one attached hydrogen (secondary N) is 1. The summed E-state index contributed by atoms with van der Waals surface area (Å²) in [5.74, 6) is 2.04. The number of hydrogen-bond donors (Lipinski definition) is 1. The molecule has 172 valence electrons. The van der Waals surface area contributed by atoms with Crippen LogP contribution < -0.4 is 14.4 Å². The first kappa shape index (κ1) is 21.2. The molecule has 3 aromatic rings. The highest BCUT2D eigenvalue weighted by atomic mass is 16.5. The maximum Gasteiger partial charge on any atom is 0.231 e. The molecule has 2 aromatic heterocycles. The fraction of sp³-hybridized carbons (Fsp3) is 0.435. The third-order valence-electron chi connectivity index (χ3n) is 6.59. The number of H-pyrrole nitrogens is 1. The molecule has 10 heteroatoms. The third-order valence-corrected chi connectivity index (χ3v) is 6.59. The Bertz CT molecular complexity index is 1150. The first-order valence-corrected chi connectivity index (χ1v) is 11.1. The summed E-state index contributed by atoms with van der Waals surface area (Å²) in [5.41, 5.74) is 1.96. The van der Waals surface area contributed by atoms with Gasteiger partial charge < -0.3 is 19.3 Å². The number of benzene rings is 1. The second-order valence-corrected chi connectivity index (χ2v) is 8.53. The standard InChI is InChI=1S/C23H27N7O3/c1-32-17-6-3-5-16(13-17)20-18(26-28-27-20)14-29-11-4-8-23(21(29)31)9-12-30(15-23)22-24-10-7-19(25-22)33-2/h3,5-7,10,13H,4,8-9,11-12,14-15H2,1-2H3,(H,26,27,28). The Hall–Kier alpha value is -3.69. The number of likely N-dealkylation sites (tertiary alicyclic amines) is 1. The second-order valence-electron chi connectivity index (χ2n) is 8.53. The van der Waals surface area contributed by atoms with Gasteiger partial charge in [0.15, 0.2) is 0 Å². The fourth-order valence-corrected chi connectivity index (χ4v) is 4.87. The number of ether oxygens (including phenoxy) is 2. The van der Waals surface area contributed by atoms with Crippen molar-refractivity contribution in [3.8, 4) is 22.9 Å². The molecular formula is C23H27N7O3. The molecule has 1 unspecified atom stereocenters. The number of rotatable bonds is 6. The van der Waals surface area contributed by atoms with E-state index in [4.69, 9.17) is 9.47 Å². The number of aromatic amines is 1. The highest BCUT2D eigenvalue weighted by Crippen LogP contribution is 2.41. The summed E-state index contributed by atoms with van der Waals surface area (Å²) in [6.45, 7) is 2.47. The van der Waals surface area contributed by atoms with Crippen molar-refractivity contribution in [2.75, 3.05) is 38.8 Å². The number of amides is 1. The summed E-state index contributed by atoms with van der Waals surface area (Å²) in [5, 5.41) is 11.4. The van der Waals surface area contributed by atoms with Gasteiger partial charge in [-0.05, 0) is 31.4 Å². The largest absolute Gasteiger partial charge is 0.497 e. The quantitative estimate of drug-likeness (QED) is 0.611. The Morgan fingerprint density at radius 3 is 2.88 bits per heavy atom. The minimum absolute atomic E-state index is 0.165. The molecule has 2 saturated heterocycles. The number of carbonyl (C=O) groups is 1. The molecule has 1 atom stereocenters. The lowest BCUT2D eigenvalue weighted by molar-refractivity contribution is -0.145. The molecule has 0 radical (unpaired) electrons. The zero-order valence-electron chi connectivity index (χ0n) is 18.8. The first-order valence-electron chi connectivity index (χ1n) is 11.1. The molecule has 1 aromatic carbocycles. The van der Waals surface area contributed by atoms with E-state index in [1.54, 1.807) is 26.5 Å². The van der Waals surface area contributed by atoms with E-state index in [9.17, 15) is 4.79 Å². The Kier molecular flexibility index (Phi) is 5.57. The molecule has 0 saturated carbocycles. The summed E-state index contributed by atoms with van der Waals surface area (Å²) >= 11 is 0. The van der Waals surface area contributed by atoms with E-state index in [1.807, 2.05) is 29.2 Å². The van der Waals surface area contributed by atoms with Gasteiger partial charge in [0.1, 0.15) is 17.1 Å². The molecule has 10 nitrogen and oxygen atoms in total. The van der Waals surface area contributed by atoms with Crippen molar-refractivity contribution < 1.29 is 14.3 Å². The maximum atomic E-state index is 13.7. The number of nitrogens with zero attached hydrogens (tertiary/aromatic N) is 6. The molecule has 1 spiro atoms. The van der Waals surface area contributed by atoms with Crippen molar-refractivity contribution in [1.82, 2.24) is 30.3 Å². The number of aromatic nitrogens is 5. The predicted molar refractivity (Wildman–Crippen MR) is 121 cm³/mol. The molecule has 1 amide bonds. The topological polar surface area (TPSA) is 109 Å². The summed E-state index contributed by atoms with van der Waals surface area (Å²) < 4.78 is 10.6. The van der Waals surface area contributed by atoms with E-state index in [2.05, 4.69) is 30.3 Å². The lowest BCUT2D eigenvalue weighted by Gasteiger charge is -2.39. The zero-order valence-corrected chi connectivity index (χ0v) is 18.8. The van der Waals surface area contributed by atoms with E-state index in [0.29, 0.717) is 31.5 Å². The number of carbonyl (C=O) groups excluding carboxylic acids is 1. The Morgan fingerprint density at radius 1 is 1.12 bits per heavy atom. The predicted octanol–water partition coefficient (Wildman–Crippen LogP) is 2.30. The highest BCUT2D eigenvalue weighted by molar-refractivity contribution is 5.85. The third kappa shape index (κ3) is 3.96. The van der Waals surface area contributed by atoms with Gasteiger partial charge in [-0.15, -0.1) is 0 Å². The molecule has 1 N–H and O–H groups in total. The first-order chi connectivity index (χ1) is 16.1. The lowest BCUT2D eigenvalue weighted by atomic mass is 9.78. The van der Waals surface area contributed by atoms with Gasteiger partial charge in [-0.3, -0.25) is 4.79 Å². The average molecular weight is 450 g/mol. The van der Waals surface area contributed by atoms with Crippen LogP contribution in [0.15, 0.2) is 36.5 Å². The van der Waals surface area contributed by atoms with Gasteiger partial charge in [0.25, 0.3) is 0 Å². The van der Waals surface area contributed by atoms with Gasteiger partial charge in [-0.25, -0.2) is 4.98 Å². The Labute approximate surface area is 191 Å². The van der Waals surface area contributed by atoms with Crippen LogP contribution in [0.5, 0.6) is 11.6 Å². The normalized spacial score (nSPS) is 20.5. The van der Waals surface area contributed by atoms with Crippen LogP contribution in [0.1, 0.15) is 25.0 Å². The Morgan fingerprint density at radius 2 is 2.03 bits per heavy atom. The van der Waals surface area contributed by atoms with Gasteiger partial charge in [0, 0.05) is 37.5 Å². The van der Waals surface area contributed by atoms with Gasteiger partial charge in [0.05, 0.1) is 26.2 Å². The molecular weight excluding hydrogens is 422 g/mol. The van der Waals surface area contributed by atoms with Gasteiger partial charge >= 0.3 is 0 Å². The van der Waals surface area contributed by atoms with Crippen molar-refractivity contribution in [3.63, 3.8) is 0 Å². The lowest BCUT2D eigenvalue weighted by Crippen LogP contribution is -2.49. The van der Waals surface area contributed by atoms with E-state index in [1.165, 1.54) is 0 Å². The van der Waals surface area contributed by atoms with Crippen molar-refractivity contribution in [2.45, 2.75) is 25.8 Å². The molecule has 0 aliphatic carbocycles. The molecule has 2 fully saturated rings. The van der Waals surface area contributed by atoms with Crippen LogP contribution >= 0.6 is 0 Å². The van der Waals surface area contributed by atoms with Crippen molar-refractivity contribution in [2.24, 2.45) is 5.41 Å². The van der Waals surface area contributed by atoms with E-state index in [0.717, 1.165) is 48.5 Å². The molecule has 5 rings (SSSR count). The number of anilines is 1. The number of piperidine rings is 1. The average Bonchev–Trinajstić information content (AvgIpc) is 3.50. The highest BCUT2D eigenvalue weighted by Gasteiger charge is 2.49. The maximum absolute atomic E-state index is 13.7. The number of methoxy groups -OCH3 is 2. The van der Waals surface area contributed by atoms with Crippen LogP contribution in [0.25, 0.3) is 11.3 Å². The minimum atomic E-state index is -0.426. The number of hydrogen-bond acceptors (Lipinski definition) is 8. The molecule has 33 heavy (non-hydrogen) atoms. The van der Waals surface area contributed by atoms with E-state index >= 15 is 0 Å². The summed E-state index contributed by atoms with van der Waals surface area (Å²) in [6, 6.07) is 9.41. The van der Waals surface area contributed by atoms with Gasteiger partial charge in [-0.1, -0.05) is 12.1 Å². The SMILES string of the molecule is COc1cccc(-c2n[nH]nc2CN2CCCC3(CCN(c4nccc(OC)n4)C3)C2=O)c1. The van der Waals surface area contributed by atoms with Crippen molar-refractivity contribution in [1.29, 1.82) is 0 Å². The summed E-state index contributed by atoms with van der Waals surface area (Å²) in [4.78, 5) is 26.5. The summed E-state index contributed by atoms with van der Waals surface area (Å²) in [6.07, 6.45) is 4.28. The van der Waals surface area contributed by atoms with Crippen LogP contribution in [0.2, 0.25) is 0 Å². The van der Waals surface area contributed by atoms with Gasteiger partial charge in [-0.2, -0.15) is 20.4 Å². The molecule has 0 bridgehead atoms. The zero-order chi connectivity index (χ0) is 22.8. The Balaban J connectivity index is 1.34. The molecule has 4 heterocycles. The smallest absolute Gasteiger partial charge is 0.231 e. The van der Waals surface area contributed by atoms with E-state index in [-0.39, 0.29) is 5.91 Å². The van der Waals surface area contributed by atoms with Crippen LogP contribution in [-0.2, 0) is 11.3 Å². The van der Waals surface area contributed by atoms with Crippen molar-refractivity contribution in [3.05, 3.63) is 42.2 Å². The van der Waals surface area contributed by atoms with Gasteiger partial charge in [0.2, 0.25) is 17.7 Å². The van der Waals surface area contributed by atoms with Crippen LogP contribution in [0.4, 0.5) is 5.95 Å². The van der Waals surface area contributed by atoms with Crippen molar-refractivity contribution >= 4 is 11.9 Å². The van der Waals surface area contributed by atoms with E-state index < -0.39 is 5.41 Å². The van der Waals surface area contributed by atoms with Crippen LogP contribution in [0.3, 0.4) is 0 Å². The fourth-order valence-electron chi connectivity index (χ4n) is 4.87.